The van der Waals surface area contributed by atoms with E-state index in [2.05, 4.69) is 35.5 Å². The van der Waals surface area contributed by atoms with Crippen LogP contribution in [0.3, 0.4) is 0 Å². The van der Waals surface area contributed by atoms with Crippen LogP contribution in [0.4, 0.5) is 11.4 Å². The first-order valence-electron chi connectivity index (χ1n) is 8.66. The highest BCUT2D eigenvalue weighted by Gasteiger charge is 2.12. The molecule has 0 aliphatic heterocycles. The summed E-state index contributed by atoms with van der Waals surface area (Å²) >= 11 is 1.63. The van der Waals surface area contributed by atoms with Gasteiger partial charge in [0.2, 0.25) is 0 Å². The number of rotatable bonds is 6. The number of nitrogens with zero attached hydrogens (tertiary/aromatic N) is 1. The molecule has 3 aromatic rings. The van der Waals surface area contributed by atoms with E-state index in [1.807, 2.05) is 48.7 Å². The molecule has 26 heavy (non-hydrogen) atoms. The molecule has 5 heteroatoms. The van der Waals surface area contributed by atoms with Crippen LogP contribution in [0.5, 0.6) is 0 Å². The minimum absolute atomic E-state index is 0.0784. The van der Waals surface area contributed by atoms with Gasteiger partial charge in [-0.3, -0.25) is 4.79 Å². The van der Waals surface area contributed by atoms with E-state index in [4.69, 9.17) is 0 Å². The van der Waals surface area contributed by atoms with Crippen molar-refractivity contribution in [3.05, 3.63) is 75.2 Å². The van der Waals surface area contributed by atoms with Crippen molar-refractivity contribution in [3.63, 3.8) is 0 Å². The molecule has 0 aliphatic carbocycles. The Hall–Kier alpha value is -2.66. The van der Waals surface area contributed by atoms with Crippen LogP contribution in [0.25, 0.3) is 0 Å². The molecule has 0 fully saturated rings. The third-order valence-electron chi connectivity index (χ3n) is 4.38. The van der Waals surface area contributed by atoms with Gasteiger partial charge in [-0.05, 0) is 50.1 Å². The van der Waals surface area contributed by atoms with Crippen molar-refractivity contribution in [1.29, 1.82) is 0 Å². The van der Waals surface area contributed by atoms with Crippen LogP contribution in [-0.2, 0) is 6.42 Å². The largest absolute Gasteiger partial charge is 0.355 e. The Morgan fingerprint density at radius 3 is 2.58 bits per heavy atom. The molecule has 0 saturated carbocycles. The Labute approximate surface area is 158 Å². The van der Waals surface area contributed by atoms with Crippen LogP contribution in [0.1, 0.15) is 32.2 Å². The summed E-state index contributed by atoms with van der Waals surface area (Å²) in [5.74, 6) is -0.0784. The zero-order valence-corrected chi connectivity index (χ0v) is 16.1. The van der Waals surface area contributed by atoms with E-state index >= 15 is 0 Å². The van der Waals surface area contributed by atoms with Crippen molar-refractivity contribution in [1.82, 2.24) is 10.3 Å². The van der Waals surface area contributed by atoms with Crippen LogP contribution in [0.2, 0.25) is 0 Å². The van der Waals surface area contributed by atoms with Gasteiger partial charge >= 0.3 is 0 Å². The van der Waals surface area contributed by atoms with Gasteiger partial charge in [-0.1, -0.05) is 24.3 Å². The lowest BCUT2D eigenvalue weighted by atomic mass is 10.1. The molecule has 0 aliphatic rings. The first-order chi connectivity index (χ1) is 12.5. The second-order valence-electron chi connectivity index (χ2n) is 6.28. The molecule has 2 N–H and O–H groups in total. The normalized spacial score (nSPS) is 10.6. The third kappa shape index (κ3) is 4.29. The summed E-state index contributed by atoms with van der Waals surface area (Å²) in [7, 11) is 0. The molecule has 3 rings (SSSR count). The average Bonchev–Trinajstić information content (AvgIpc) is 3.04. The molecule has 0 atom stereocenters. The van der Waals surface area contributed by atoms with E-state index in [1.165, 1.54) is 11.1 Å². The van der Waals surface area contributed by atoms with Crippen molar-refractivity contribution in [2.45, 2.75) is 27.2 Å². The quantitative estimate of drug-likeness (QED) is 0.661. The maximum atomic E-state index is 12.6. The maximum absolute atomic E-state index is 12.6. The summed E-state index contributed by atoms with van der Waals surface area (Å²) in [6, 6.07) is 13.7. The Balaban J connectivity index is 1.69. The molecule has 0 bridgehead atoms. The lowest BCUT2D eigenvalue weighted by Crippen LogP contribution is -2.26. The van der Waals surface area contributed by atoms with Gasteiger partial charge in [-0.2, -0.15) is 0 Å². The van der Waals surface area contributed by atoms with Gasteiger partial charge in [0.1, 0.15) is 0 Å². The number of anilines is 2. The Bertz CT molecular complexity index is 917. The molecule has 1 heterocycles. The Morgan fingerprint density at radius 2 is 1.81 bits per heavy atom. The highest BCUT2D eigenvalue weighted by molar-refractivity contribution is 7.09. The molecule has 134 valence electrons. The fourth-order valence-corrected chi connectivity index (χ4v) is 3.39. The molecule has 0 radical (unpaired) electrons. The van der Waals surface area contributed by atoms with Crippen LogP contribution >= 0.6 is 11.3 Å². The topological polar surface area (TPSA) is 54.0 Å². The zero-order valence-electron chi connectivity index (χ0n) is 15.3. The number of carbonyl (C=O) groups is 1. The monoisotopic (exact) mass is 365 g/mol. The number of para-hydroxylation sites is 1. The number of aromatic nitrogens is 1. The van der Waals surface area contributed by atoms with Gasteiger partial charge in [-0.15, -0.1) is 11.3 Å². The maximum Gasteiger partial charge on any atom is 0.253 e. The second kappa shape index (κ2) is 8.15. The number of carbonyl (C=O) groups excluding carboxylic acids is 1. The van der Waals surface area contributed by atoms with Crippen LogP contribution < -0.4 is 10.6 Å². The van der Waals surface area contributed by atoms with E-state index in [9.17, 15) is 4.79 Å². The van der Waals surface area contributed by atoms with Gasteiger partial charge in [0.25, 0.3) is 5.91 Å². The first kappa shape index (κ1) is 18.1. The lowest BCUT2D eigenvalue weighted by Gasteiger charge is -2.15. The smallest absolute Gasteiger partial charge is 0.253 e. The van der Waals surface area contributed by atoms with Crippen molar-refractivity contribution in [3.8, 4) is 0 Å². The predicted octanol–water partition coefficient (Wildman–Crippen LogP) is 4.78. The van der Waals surface area contributed by atoms with Crippen molar-refractivity contribution >= 4 is 28.6 Å². The Kier molecular flexibility index (Phi) is 5.68. The number of hydrogen-bond acceptors (Lipinski definition) is 4. The lowest BCUT2D eigenvalue weighted by molar-refractivity contribution is 0.0955. The van der Waals surface area contributed by atoms with Gasteiger partial charge in [0.15, 0.2) is 0 Å². The van der Waals surface area contributed by atoms with E-state index in [1.54, 1.807) is 11.3 Å². The van der Waals surface area contributed by atoms with E-state index in [-0.39, 0.29) is 5.91 Å². The molecule has 1 amide bonds. The van der Waals surface area contributed by atoms with E-state index < -0.39 is 0 Å². The number of hydrogen-bond donors (Lipinski definition) is 2. The summed E-state index contributed by atoms with van der Waals surface area (Å²) in [6.07, 6.45) is 0.739. The summed E-state index contributed by atoms with van der Waals surface area (Å²) in [6.45, 7) is 6.72. The summed E-state index contributed by atoms with van der Waals surface area (Å²) in [4.78, 5) is 17.1. The van der Waals surface area contributed by atoms with Crippen molar-refractivity contribution < 1.29 is 4.79 Å². The molecule has 1 aromatic heterocycles. The Morgan fingerprint density at radius 1 is 1.04 bits per heavy atom. The summed E-state index contributed by atoms with van der Waals surface area (Å²) in [5, 5.41) is 9.49. The predicted molar refractivity (Wildman–Crippen MR) is 109 cm³/mol. The molecule has 4 nitrogen and oxygen atoms in total. The second-order valence-corrected chi connectivity index (χ2v) is 7.34. The molecule has 0 unspecified atom stereocenters. The van der Waals surface area contributed by atoms with E-state index in [0.717, 1.165) is 28.5 Å². The SMILES string of the molecule is Cc1nc(CCNC(=O)c2ccccc2Nc2cccc(C)c2C)cs1. The van der Waals surface area contributed by atoms with Gasteiger partial charge < -0.3 is 10.6 Å². The highest BCUT2D eigenvalue weighted by Crippen LogP contribution is 2.25. The summed E-state index contributed by atoms with van der Waals surface area (Å²) < 4.78 is 0. The standard InChI is InChI=1S/C21H23N3OS/c1-14-7-6-10-19(15(14)2)24-20-9-5-4-8-18(20)21(25)22-12-11-17-13-26-16(3)23-17/h4-10,13,24H,11-12H2,1-3H3,(H,22,25). The minimum atomic E-state index is -0.0784. The number of benzene rings is 2. The molecule has 0 saturated heterocycles. The van der Waals surface area contributed by atoms with Crippen LogP contribution in [-0.4, -0.2) is 17.4 Å². The molecule has 0 spiro atoms. The molecular weight excluding hydrogens is 342 g/mol. The van der Waals surface area contributed by atoms with Crippen LogP contribution in [0.15, 0.2) is 47.8 Å². The molecule has 2 aromatic carbocycles. The van der Waals surface area contributed by atoms with Crippen LogP contribution in [0, 0.1) is 20.8 Å². The van der Waals surface area contributed by atoms with Gasteiger partial charge in [0.05, 0.1) is 22.0 Å². The summed E-state index contributed by atoms with van der Waals surface area (Å²) in [5.41, 5.74) is 5.89. The fraction of sp³-hybridized carbons (Fsp3) is 0.238. The average molecular weight is 366 g/mol. The minimum Gasteiger partial charge on any atom is -0.355 e. The highest BCUT2D eigenvalue weighted by atomic mass is 32.1. The fourth-order valence-electron chi connectivity index (χ4n) is 2.74. The molecular formula is C21H23N3OS. The number of aryl methyl sites for hydroxylation is 2. The van der Waals surface area contributed by atoms with Gasteiger partial charge in [0, 0.05) is 24.0 Å². The van der Waals surface area contributed by atoms with Crippen molar-refractivity contribution in [2.24, 2.45) is 0 Å². The number of thiazole rings is 1. The zero-order chi connectivity index (χ0) is 18.5. The third-order valence-corrected chi connectivity index (χ3v) is 5.20. The van der Waals surface area contributed by atoms with Crippen molar-refractivity contribution in [2.75, 3.05) is 11.9 Å². The first-order valence-corrected chi connectivity index (χ1v) is 9.54. The number of amides is 1. The number of nitrogens with one attached hydrogen (secondary N) is 2. The van der Waals surface area contributed by atoms with E-state index in [0.29, 0.717) is 12.1 Å². The van der Waals surface area contributed by atoms with Gasteiger partial charge in [-0.25, -0.2) is 4.98 Å².